The van der Waals surface area contributed by atoms with Gasteiger partial charge in [0.05, 0.1) is 30.2 Å². The molecular weight excluding hydrogens is 366 g/mol. The first-order valence-electron chi connectivity index (χ1n) is 9.56. The zero-order valence-electron chi connectivity index (χ0n) is 16.8. The Morgan fingerprint density at radius 2 is 1.59 bits per heavy atom. The van der Waals surface area contributed by atoms with E-state index < -0.39 is 0 Å². The first-order chi connectivity index (χ1) is 14.0. The van der Waals surface area contributed by atoms with Crippen LogP contribution in [-0.4, -0.2) is 23.6 Å². The van der Waals surface area contributed by atoms with Gasteiger partial charge in [-0.1, -0.05) is 0 Å². The highest BCUT2D eigenvalue weighted by Gasteiger charge is 2.08. The molecule has 1 aromatic heterocycles. The summed E-state index contributed by atoms with van der Waals surface area (Å²) in [5.74, 6) is 1.35. The number of amides is 1. The quantitative estimate of drug-likeness (QED) is 0.548. The van der Waals surface area contributed by atoms with Gasteiger partial charge in [0.15, 0.2) is 0 Å². The second-order valence-corrected chi connectivity index (χ2v) is 6.69. The summed E-state index contributed by atoms with van der Waals surface area (Å²) in [5.41, 5.74) is 2.76. The molecule has 150 valence electrons. The van der Waals surface area contributed by atoms with E-state index in [2.05, 4.69) is 15.6 Å². The van der Waals surface area contributed by atoms with Crippen molar-refractivity contribution in [1.29, 1.82) is 0 Å². The first-order valence-corrected chi connectivity index (χ1v) is 9.56. The summed E-state index contributed by atoms with van der Waals surface area (Å²) in [6, 6.07) is 16.7. The molecule has 0 fully saturated rings. The molecular formula is C23H25N3O3. The number of nitrogens with zero attached hydrogens (tertiary/aromatic N) is 1. The molecule has 6 nitrogen and oxygen atoms in total. The summed E-state index contributed by atoms with van der Waals surface area (Å²) in [6.07, 6.45) is 3.31. The van der Waals surface area contributed by atoms with Gasteiger partial charge in [-0.2, -0.15) is 0 Å². The Balaban J connectivity index is 1.64. The molecule has 0 radical (unpaired) electrons. The van der Waals surface area contributed by atoms with Crippen LogP contribution in [0.4, 0.5) is 17.1 Å². The van der Waals surface area contributed by atoms with E-state index in [9.17, 15) is 4.79 Å². The minimum absolute atomic E-state index is 0.104. The number of aromatic nitrogens is 1. The van der Waals surface area contributed by atoms with E-state index >= 15 is 0 Å². The SMILES string of the molecule is CCOc1ccc(Nc2cncc(C(=O)Nc3ccc(OC(C)C)cc3)c2)cc1. The summed E-state index contributed by atoms with van der Waals surface area (Å²) < 4.78 is 11.1. The smallest absolute Gasteiger partial charge is 0.257 e. The van der Waals surface area contributed by atoms with Crippen LogP contribution < -0.4 is 20.1 Å². The number of carbonyl (C=O) groups is 1. The van der Waals surface area contributed by atoms with Crippen molar-refractivity contribution in [3.63, 3.8) is 0 Å². The number of nitrogens with one attached hydrogen (secondary N) is 2. The molecule has 0 spiro atoms. The maximum Gasteiger partial charge on any atom is 0.257 e. The zero-order chi connectivity index (χ0) is 20.6. The van der Waals surface area contributed by atoms with Gasteiger partial charge >= 0.3 is 0 Å². The largest absolute Gasteiger partial charge is 0.494 e. The van der Waals surface area contributed by atoms with E-state index in [1.54, 1.807) is 12.3 Å². The van der Waals surface area contributed by atoms with Crippen molar-refractivity contribution in [3.05, 3.63) is 72.6 Å². The molecule has 3 aromatic rings. The molecule has 3 rings (SSSR count). The Kier molecular flexibility index (Phi) is 6.68. The molecule has 0 aliphatic carbocycles. The van der Waals surface area contributed by atoms with Crippen molar-refractivity contribution >= 4 is 23.0 Å². The Bertz CT molecular complexity index is 938. The number of anilines is 3. The standard InChI is InChI=1S/C23H25N3O3/c1-4-28-21-9-5-18(6-10-21)25-20-13-17(14-24-15-20)23(27)26-19-7-11-22(12-8-19)29-16(2)3/h5-16,25H,4H2,1-3H3,(H,26,27). The molecule has 1 amide bonds. The Morgan fingerprint density at radius 3 is 2.24 bits per heavy atom. The lowest BCUT2D eigenvalue weighted by atomic mass is 10.2. The van der Waals surface area contributed by atoms with Crippen LogP contribution >= 0.6 is 0 Å². The topological polar surface area (TPSA) is 72.5 Å². The van der Waals surface area contributed by atoms with Gasteiger partial charge in [0.25, 0.3) is 5.91 Å². The van der Waals surface area contributed by atoms with Crippen LogP contribution in [0.3, 0.4) is 0 Å². The lowest BCUT2D eigenvalue weighted by Gasteiger charge is -2.11. The maximum atomic E-state index is 12.6. The van der Waals surface area contributed by atoms with Crippen molar-refractivity contribution in [2.75, 3.05) is 17.2 Å². The summed E-state index contributed by atoms with van der Waals surface area (Å²) in [4.78, 5) is 16.7. The number of hydrogen-bond donors (Lipinski definition) is 2. The molecule has 0 saturated heterocycles. The predicted molar refractivity (Wildman–Crippen MR) is 115 cm³/mol. The van der Waals surface area contributed by atoms with Crippen molar-refractivity contribution in [3.8, 4) is 11.5 Å². The first kappa shape index (κ1) is 20.2. The van der Waals surface area contributed by atoms with Gasteiger partial charge in [0, 0.05) is 17.6 Å². The number of rotatable bonds is 8. The molecule has 2 N–H and O–H groups in total. The van der Waals surface area contributed by atoms with Crippen LogP contribution in [0.5, 0.6) is 11.5 Å². The molecule has 0 bridgehead atoms. The number of pyridine rings is 1. The Hall–Kier alpha value is -3.54. The van der Waals surface area contributed by atoms with Crippen LogP contribution in [0, 0.1) is 0 Å². The molecule has 0 aliphatic rings. The molecule has 29 heavy (non-hydrogen) atoms. The van der Waals surface area contributed by atoms with Gasteiger partial charge in [-0.25, -0.2) is 0 Å². The van der Waals surface area contributed by atoms with E-state index in [0.717, 1.165) is 22.9 Å². The van der Waals surface area contributed by atoms with Gasteiger partial charge < -0.3 is 20.1 Å². The van der Waals surface area contributed by atoms with Gasteiger partial charge in [-0.3, -0.25) is 9.78 Å². The number of carbonyl (C=O) groups excluding carboxylic acids is 1. The second kappa shape index (κ2) is 9.59. The van der Waals surface area contributed by atoms with Crippen LogP contribution in [0.2, 0.25) is 0 Å². The van der Waals surface area contributed by atoms with Gasteiger partial charge in [-0.05, 0) is 75.4 Å². The molecule has 0 saturated carbocycles. The fraction of sp³-hybridized carbons (Fsp3) is 0.217. The highest BCUT2D eigenvalue weighted by Crippen LogP contribution is 2.21. The van der Waals surface area contributed by atoms with E-state index in [1.165, 1.54) is 6.20 Å². The minimum Gasteiger partial charge on any atom is -0.494 e. The van der Waals surface area contributed by atoms with Crippen LogP contribution in [0.25, 0.3) is 0 Å². The lowest BCUT2D eigenvalue weighted by Crippen LogP contribution is -2.12. The average molecular weight is 391 g/mol. The highest BCUT2D eigenvalue weighted by atomic mass is 16.5. The van der Waals surface area contributed by atoms with Crippen molar-refractivity contribution in [2.45, 2.75) is 26.9 Å². The predicted octanol–water partition coefficient (Wildman–Crippen LogP) is 5.26. The Labute approximate surface area is 170 Å². The van der Waals surface area contributed by atoms with E-state index in [0.29, 0.717) is 17.9 Å². The third-order valence-corrected chi connectivity index (χ3v) is 3.94. The van der Waals surface area contributed by atoms with Gasteiger partial charge in [-0.15, -0.1) is 0 Å². The maximum absolute atomic E-state index is 12.6. The molecule has 6 heteroatoms. The molecule has 2 aromatic carbocycles. The summed E-state index contributed by atoms with van der Waals surface area (Å²) in [7, 11) is 0. The number of ether oxygens (including phenoxy) is 2. The third kappa shape index (κ3) is 5.97. The monoisotopic (exact) mass is 391 g/mol. The van der Waals surface area contributed by atoms with E-state index in [-0.39, 0.29) is 12.0 Å². The number of hydrogen-bond acceptors (Lipinski definition) is 5. The molecule has 0 atom stereocenters. The Morgan fingerprint density at radius 1 is 0.931 bits per heavy atom. The minimum atomic E-state index is -0.231. The van der Waals surface area contributed by atoms with Gasteiger partial charge in [0.2, 0.25) is 0 Å². The molecule has 1 heterocycles. The fourth-order valence-electron chi connectivity index (χ4n) is 2.69. The van der Waals surface area contributed by atoms with Crippen LogP contribution in [-0.2, 0) is 0 Å². The van der Waals surface area contributed by atoms with E-state index in [1.807, 2.05) is 69.3 Å². The van der Waals surface area contributed by atoms with Crippen molar-refractivity contribution < 1.29 is 14.3 Å². The average Bonchev–Trinajstić information content (AvgIpc) is 2.71. The molecule has 0 aliphatic heterocycles. The summed E-state index contributed by atoms with van der Waals surface area (Å²) in [5, 5.41) is 6.12. The highest BCUT2D eigenvalue weighted by molar-refractivity contribution is 6.04. The number of benzene rings is 2. The van der Waals surface area contributed by atoms with Crippen LogP contribution in [0.15, 0.2) is 67.0 Å². The summed E-state index contributed by atoms with van der Waals surface area (Å²) >= 11 is 0. The summed E-state index contributed by atoms with van der Waals surface area (Å²) in [6.45, 7) is 6.51. The van der Waals surface area contributed by atoms with Crippen LogP contribution in [0.1, 0.15) is 31.1 Å². The molecule has 0 unspecified atom stereocenters. The lowest BCUT2D eigenvalue weighted by molar-refractivity contribution is 0.102. The third-order valence-electron chi connectivity index (χ3n) is 3.94. The second-order valence-electron chi connectivity index (χ2n) is 6.69. The normalized spacial score (nSPS) is 10.5. The van der Waals surface area contributed by atoms with E-state index in [4.69, 9.17) is 9.47 Å². The van der Waals surface area contributed by atoms with Crippen molar-refractivity contribution in [1.82, 2.24) is 4.98 Å². The van der Waals surface area contributed by atoms with Crippen molar-refractivity contribution in [2.24, 2.45) is 0 Å². The fourth-order valence-corrected chi connectivity index (χ4v) is 2.69. The zero-order valence-corrected chi connectivity index (χ0v) is 16.8. The van der Waals surface area contributed by atoms with Gasteiger partial charge in [0.1, 0.15) is 11.5 Å².